The van der Waals surface area contributed by atoms with Gasteiger partial charge < -0.3 is 15.2 Å². The second-order valence-electron chi connectivity index (χ2n) is 7.51. The van der Waals surface area contributed by atoms with Crippen LogP contribution in [0.5, 0.6) is 0 Å². The standard InChI is InChI=1S/C17H28N4O4S/c1-11-14(7-6-10-18-11)19-16(22)17(8-4-5-9-17)21-26(23,24)15-12(2)20-25-13(15)3/h11,14,18,21H,4-10H2,1-3H3,(H,19,22). The molecular weight excluding hydrogens is 356 g/mol. The molecule has 1 aromatic heterocycles. The molecule has 146 valence electrons. The van der Waals surface area contributed by atoms with Crippen LogP contribution in [0.3, 0.4) is 0 Å². The molecule has 2 heterocycles. The Labute approximate surface area is 154 Å². The molecule has 0 spiro atoms. The van der Waals surface area contributed by atoms with E-state index in [-0.39, 0.29) is 28.6 Å². The number of rotatable bonds is 5. The minimum Gasteiger partial charge on any atom is -0.360 e. The maximum atomic E-state index is 13.1. The summed E-state index contributed by atoms with van der Waals surface area (Å²) in [5, 5.41) is 10.2. The first-order valence-electron chi connectivity index (χ1n) is 9.26. The van der Waals surface area contributed by atoms with Crippen LogP contribution in [0, 0.1) is 13.8 Å². The van der Waals surface area contributed by atoms with E-state index in [0.717, 1.165) is 32.2 Å². The number of aryl methyl sites for hydroxylation is 2. The van der Waals surface area contributed by atoms with Crippen LogP contribution in [0.2, 0.25) is 0 Å². The second kappa shape index (κ2) is 7.28. The van der Waals surface area contributed by atoms with Gasteiger partial charge in [-0.2, -0.15) is 4.72 Å². The average molecular weight is 385 g/mol. The highest BCUT2D eigenvalue weighted by molar-refractivity contribution is 7.89. The maximum Gasteiger partial charge on any atom is 0.246 e. The van der Waals surface area contributed by atoms with Crippen LogP contribution in [0.15, 0.2) is 9.42 Å². The number of nitrogens with zero attached hydrogens (tertiary/aromatic N) is 1. The first-order valence-corrected chi connectivity index (χ1v) is 10.7. The molecule has 1 saturated heterocycles. The van der Waals surface area contributed by atoms with E-state index < -0.39 is 15.6 Å². The summed E-state index contributed by atoms with van der Waals surface area (Å²) in [6, 6.07) is 0.183. The fourth-order valence-electron chi connectivity index (χ4n) is 4.07. The Hall–Kier alpha value is -1.45. The Morgan fingerprint density at radius 3 is 2.54 bits per heavy atom. The molecule has 26 heavy (non-hydrogen) atoms. The number of hydrogen-bond donors (Lipinski definition) is 3. The number of sulfonamides is 1. The van der Waals surface area contributed by atoms with Crippen molar-refractivity contribution in [3.63, 3.8) is 0 Å². The summed E-state index contributed by atoms with van der Waals surface area (Å²) >= 11 is 0. The molecule has 3 rings (SSSR count). The van der Waals surface area contributed by atoms with Crippen molar-refractivity contribution in [1.82, 2.24) is 20.5 Å². The van der Waals surface area contributed by atoms with Crippen molar-refractivity contribution in [2.24, 2.45) is 0 Å². The molecule has 2 unspecified atom stereocenters. The SMILES string of the molecule is Cc1noc(C)c1S(=O)(=O)NC1(C(=O)NC2CCCNC2C)CCCC1. The average Bonchev–Trinajstić information content (AvgIpc) is 3.17. The Morgan fingerprint density at radius 2 is 1.96 bits per heavy atom. The Kier molecular flexibility index (Phi) is 5.41. The summed E-state index contributed by atoms with van der Waals surface area (Å²) in [6.45, 7) is 6.13. The lowest BCUT2D eigenvalue weighted by Gasteiger charge is -2.35. The highest BCUT2D eigenvalue weighted by Crippen LogP contribution is 2.33. The molecule has 2 atom stereocenters. The van der Waals surface area contributed by atoms with Gasteiger partial charge in [-0.25, -0.2) is 8.42 Å². The topological polar surface area (TPSA) is 113 Å². The summed E-state index contributed by atoms with van der Waals surface area (Å²) in [5.74, 6) is -0.000423. The van der Waals surface area contributed by atoms with Crippen molar-refractivity contribution in [2.45, 2.75) is 81.8 Å². The zero-order chi connectivity index (χ0) is 18.9. The Morgan fingerprint density at radius 1 is 1.27 bits per heavy atom. The number of piperidine rings is 1. The molecule has 0 radical (unpaired) electrons. The van der Waals surface area contributed by atoms with Crippen molar-refractivity contribution < 1.29 is 17.7 Å². The normalized spacial score (nSPS) is 26.0. The number of carbonyl (C=O) groups is 1. The van der Waals surface area contributed by atoms with Crippen molar-refractivity contribution in [2.75, 3.05) is 6.54 Å². The Balaban J connectivity index is 1.82. The van der Waals surface area contributed by atoms with Gasteiger partial charge in [0, 0.05) is 12.1 Å². The van der Waals surface area contributed by atoms with Crippen LogP contribution in [-0.4, -0.2) is 43.6 Å². The summed E-state index contributed by atoms with van der Waals surface area (Å²) in [6.07, 6.45) is 4.51. The van der Waals surface area contributed by atoms with Gasteiger partial charge >= 0.3 is 0 Å². The highest BCUT2D eigenvalue weighted by Gasteiger charge is 2.46. The van der Waals surface area contributed by atoms with Gasteiger partial charge in [-0.1, -0.05) is 18.0 Å². The lowest BCUT2D eigenvalue weighted by molar-refractivity contribution is -0.127. The van der Waals surface area contributed by atoms with E-state index in [1.165, 1.54) is 0 Å². The number of hydrogen-bond acceptors (Lipinski definition) is 6. The predicted octanol–water partition coefficient (Wildman–Crippen LogP) is 1.14. The monoisotopic (exact) mass is 384 g/mol. The smallest absolute Gasteiger partial charge is 0.246 e. The quantitative estimate of drug-likeness (QED) is 0.702. The van der Waals surface area contributed by atoms with Gasteiger partial charge in [0.2, 0.25) is 15.9 Å². The van der Waals surface area contributed by atoms with Crippen LogP contribution in [-0.2, 0) is 14.8 Å². The first kappa shape index (κ1) is 19.3. The fourth-order valence-corrected chi connectivity index (χ4v) is 5.82. The summed E-state index contributed by atoms with van der Waals surface area (Å²) in [7, 11) is -3.90. The van der Waals surface area contributed by atoms with E-state index in [4.69, 9.17) is 4.52 Å². The molecular formula is C17H28N4O4S. The van der Waals surface area contributed by atoms with Gasteiger partial charge in [-0.3, -0.25) is 4.79 Å². The lowest BCUT2D eigenvalue weighted by Crippen LogP contribution is -2.61. The minimum absolute atomic E-state index is 0.0114. The maximum absolute atomic E-state index is 13.1. The summed E-state index contributed by atoms with van der Waals surface area (Å²) in [5.41, 5.74) is -0.805. The van der Waals surface area contributed by atoms with Gasteiger partial charge in [0.15, 0.2) is 5.76 Å². The predicted molar refractivity (Wildman–Crippen MR) is 96.1 cm³/mol. The zero-order valence-corrected chi connectivity index (χ0v) is 16.4. The van der Waals surface area contributed by atoms with Crippen molar-refractivity contribution in [3.8, 4) is 0 Å². The molecule has 3 N–H and O–H groups in total. The highest BCUT2D eigenvalue weighted by atomic mass is 32.2. The van der Waals surface area contributed by atoms with Crippen molar-refractivity contribution in [1.29, 1.82) is 0 Å². The molecule has 0 bridgehead atoms. The number of aromatic nitrogens is 1. The molecule has 1 aliphatic carbocycles. The number of carbonyl (C=O) groups excluding carboxylic acids is 1. The van der Waals surface area contributed by atoms with E-state index in [2.05, 4.69) is 20.5 Å². The summed E-state index contributed by atoms with van der Waals surface area (Å²) in [4.78, 5) is 13.1. The first-order chi connectivity index (χ1) is 12.3. The molecule has 9 heteroatoms. The van der Waals surface area contributed by atoms with Gasteiger partial charge in [-0.05, 0) is 53.0 Å². The fraction of sp³-hybridized carbons (Fsp3) is 0.765. The molecule has 0 aromatic carbocycles. The zero-order valence-electron chi connectivity index (χ0n) is 15.6. The van der Waals surface area contributed by atoms with Gasteiger partial charge in [0.25, 0.3) is 0 Å². The summed E-state index contributed by atoms with van der Waals surface area (Å²) < 4.78 is 33.6. The second-order valence-corrected chi connectivity index (χ2v) is 9.13. The Bertz CT molecular complexity index is 748. The van der Waals surface area contributed by atoms with Crippen LogP contribution < -0.4 is 15.4 Å². The van der Waals surface area contributed by atoms with E-state index in [1.807, 2.05) is 6.92 Å². The third-order valence-corrected chi connectivity index (χ3v) is 7.32. The van der Waals surface area contributed by atoms with Gasteiger partial charge in [0.05, 0.1) is 0 Å². The molecule has 8 nitrogen and oxygen atoms in total. The third-order valence-electron chi connectivity index (χ3n) is 5.54. The molecule has 1 amide bonds. The number of amides is 1. The van der Waals surface area contributed by atoms with Gasteiger partial charge in [0.1, 0.15) is 16.1 Å². The molecule has 1 saturated carbocycles. The largest absolute Gasteiger partial charge is 0.360 e. The van der Waals surface area contributed by atoms with Crippen LogP contribution in [0.1, 0.15) is 56.9 Å². The molecule has 2 fully saturated rings. The van der Waals surface area contributed by atoms with Gasteiger partial charge in [-0.15, -0.1) is 0 Å². The minimum atomic E-state index is -3.90. The van der Waals surface area contributed by atoms with E-state index in [9.17, 15) is 13.2 Å². The van der Waals surface area contributed by atoms with Crippen molar-refractivity contribution >= 4 is 15.9 Å². The lowest BCUT2D eigenvalue weighted by atomic mass is 9.94. The molecule has 1 aliphatic heterocycles. The van der Waals surface area contributed by atoms with E-state index in [1.54, 1.807) is 13.8 Å². The van der Waals surface area contributed by atoms with E-state index >= 15 is 0 Å². The molecule has 2 aliphatic rings. The van der Waals surface area contributed by atoms with E-state index in [0.29, 0.717) is 18.5 Å². The third kappa shape index (κ3) is 3.65. The van der Waals surface area contributed by atoms with Crippen LogP contribution in [0.4, 0.5) is 0 Å². The number of nitrogens with one attached hydrogen (secondary N) is 3. The molecule has 1 aromatic rings. The van der Waals surface area contributed by atoms with Crippen LogP contribution >= 0.6 is 0 Å². The van der Waals surface area contributed by atoms with Crippen molar-refractivity contribution in [3.05, 3.63) is 11.5 Å². The van der Waals surface area contributed by atoms with Crippen LogP contribution in [0.25, 0.3) is 0 Å².